The SMILES string of the molecule is Cc1cccc(CCc2onc(N)c2-c2ccccn2)c1. The zero-order chi connectivity index (χ0) is 14.7. The molecule has 1 aromatic carbocycles. The zero-order valence-corrected chi connectivity index (χ0v) is 11.9. The average molecular weight is 279 g/mol. The van der Waals surface area contributed by atoms with Gasteiger partial charge in [0.25, 0.3) is 0 Å². The number of pyridine rings is 1. The molecule has 3 rings (SSSR count). The Labute approximate surface area is 123 Å². The first kappa shape index (κ1) is 13.4. The minimum absolute atomic E-state index is 0.396. The van der Waals surface area contributed by atoms with Gasteiger partial charge in [-0.3, -0.25) is 4.98 Å². The van der Waals surface area contributed by atoms with Crippen molar-refractivity contribution < 1.29 is 4.52 Å². The Morgan fingerprint density at radius 3 is 2.76 bits per heavy atom. The van der Waals surface area contributed by atoms with E-state index in [0.29, 0.717) is 5.82 Å². The van der Waals surface area contributed by atoms with Crippen LogP contribution in [0.15, 0.2) is 53.2 Å². The van der Waals surface area contributed by atoms with Crippen molar-refractivity contribution in [3.05, 3.63) is 65.5 Å². The summed E-state index contributed by atoms with van der Waals surface area (Å²) in [5, 5.41) is 3.89. The molecule has 2 N–H and O–H groups in total. The average Bonchev–Trinajstić information content (AvgIpc) is 2.87. The molecule has 0 fully saturated rings. The van der Waals surface area contributed by atoms with Gasteiger partial charge in [0.05, 0.1) is 11.3 Å². The highest BCUT2D eigenvalue weighted by atomic mass is 16.5. The first-order valence-corrected chi connectivity index (χ1v) is 6.95. The van der Waals surface area contributed by atoms with Gasteiger partial charge in [0.2, 0.25) is 0 Å². The van der Waals surface area contributed by atoms with Gasteiger partial charge in [-0.25, -0.2) is 0 Å². The fourth-order valence-electron chi connectivity index (χ4n) is 2.42. The summed E-state index contributed by atoms with van der Waals surface area (Å²) in [6, 6.07) is 14.2. The molecule has 21 heavy (non-hydrogen) atoms. The molecule has 2 aromatic heterocycles. The fraction of sp³-hybridized carbons (Fsp3) is 0.176. The third-order valence-electron chi connectivity index (χ3n) is 3.43. The Kier molecular flexibility index (Phi) is 3.69. The summed E-state index contributed by atoms with van der Waals surface area (Å²) in [6.45, 7) is 2.09. The number of nitrogens with zero attached hydrogens (tertiary/aromatic N) is 2. The van der Waals surface area contributed by atoms with Gasteiger partial charge in [-0.15, -0.1) is 0 Å². The standard InChI is InChI=1S/C17H17N3O/c1-12-5-4-6-13(11-12)8-9-15-16(17(18)20-21-15)14-7-2-3-10-19-14/h2-7,10-11H,8-9H2,1H3,(H2,18,20). The second-order valence-electron chi connectivity index (χ2n) is 5.07. The smallest absolute Gasteiger partial charge is 0.176 e. The topological polar surface area (TPSA) is 64.9 Å². The molecule has 0 aliphatic carbocycles. The number of nitrogens with two attached hydrogens (primary N) is 1. The summed E-state index contributed by atoms with van der Waals surface area (Å²) in [5.74, 6) is 1.18. The maximum absolute atomic E-state index is 5.92. The number of aromatic nitrogens is 2. The predicted octanol–water partition coefficient (Wildman–Crippen LogP) is 3.41. The van der Waals surface area contributed by atoms with E-state index in [-0.39, 0.29) is 0 Å². The number of hydrogen-bond donors (Lipinski definition) is 1. The number of aryl methyl sites for hydroxylation is 3. The first-order chi connectivity index (χ1) is 10.2. The van der Waals surface area contributed by atoms with Crippen molar-refractivity contribution in [1.82, 2.24) is 10.1 Å². The Morgan fingerprint density at radius 2 is 2.00 bits per heavy atom. The molecule has 106 valence electrons. The predicted molar refractivity (Wildman–Crippen MR) is 82.7 cm³/mol. The molecule has 3 aromatic rings. The van der Waals surface area contributed by atoms with Crippen molar-refractivity contribution >= 4 is 5.82 Å². The Balaban J connectivity index is 1.84. The summed E-state index contributed by atoms with van der Waals surface area (Å²) >= 11 is 0. The maximum Gasteiger partial charge on any atom is 0.176 e. The number of hydrogen-bond acceptors (Lipinski definition) is 4. The third kappa shape index (κ3) is 2.94. The lowest BCUT2D eigenvalue weighted by Gasteiger charge is -2.03. The van der Waals surface area contributed by atoms with Gasteiger partial charge < -0.3 is 10.3 Å². The van der Waals surface area contributed by atoms with E-state index in [4.69, 9.17) is 10.3 Å². The van der Waals surface area contributed by atoms with Crippen LogP contribution in [0, 0.1) is 6.92 Å². The molecule has 0 aliphatic heterocycles. The quantitative estimate of drug-likeness (QED) is 0.794. The molecule has 0 bridgehead atoms. The second-order valence-corrected chi connectivity index (χ2v) is 5.07. The summed E-state index contributed by atoms with van der Waals surface area (Å²) < 4.78 is 5.39. The van der Waals surface area contributed by atoms with Crippen LogP contribution in [0.1, 0.15) is 16.9 Å². The molecule has 0 aliphatic rings. The summed E-state index contributed by atoms with van der Waals surface area (Å²) in [5.41, 5.74) is 10.1. The van der Waals surface area contributed by atoms with E-state index in [2.05, 4.69) is 41.3 Å². The van der Waals surface area contributed by atoms with Gasteiger partial charge in [-0.2, -0.15) is 0 Å². The monoisotopic (exact) mass is 279 g/mol. The van der Waals surface area contributed by atoms with Gasteiger partial charge in [0.15, 0.2) is 5.82 Å². The van der Waals surface area contributed by atoms with Gasteiger partial charge in [-0.05, 0) is 31.0 Å². The Morgan fingerprint density at radius 1 is 1.10 bits per heavy atom. The highest BCUT2D eigenvalue weighted by Crippen LogP contribution is 2.28. The van der Waals surface area contributed by atoms with Crippen molar-refractivity contribution in [2.45, 2.75) is 19.8 Å². The Hall–Kier alpha value is -2.62. The van der Waals surface area contributed by atoms with Crippen molar-refractivity contribution in [2.24, 2.45) is 0 Å². The molecular formula is C17H17N3O. The minimum atomic E-state index is 0.396. The fourth-order valence-corrected chi connectivity index (χ4v) is 2.42. The minimum Gasteiger partial charge on any atom is -0.380 e. The van der Waals surface area contributed by atoms with Crippen molar-refractivity contribution in [3.63, 3.8) is 0 Å². The first-order valence-electron chi connectivity index (χ1n) is 6.95. The number of rotatable bonds is 4. The van der Waals surface area contributed by atoms with E-state index < -0.39 is 0 Å². The summed E-state index contributed by atoms with van der Waals surface area (Å²) in [7, 11) is 0. The van der Waals surface area contributed by atoms with Gasteiger partial charge >= 0.3 is 0 Å². The van der Waals surface area contributed by atoms with Crippen LogP contribution in [0.2, 0.25) is 0 Å². The lowest BCUT2D eigenvalue weighted by molar-refractivity contribution is 0.386. The highest BCUT2D eigenvalue weighted by Gasteiger charge is 2.16. The lowest BCUT2D eigenvalue weighted by Crippen LogP contribution is -1.95. The Bertz CT molecular complexity index is 735. The van der Waals surface area contributed by atoms with E-state index >= 15 is 0 Å². The largest absolute Gasteiger partial charge is 0.380 e. The van der Waals surface area contributed by atoms with E-state index in [1.807, 2.05) is 18.2 Å². The van der Waals surface area contributed by atoms with Crippen LogP contribution in [-0.2, 0) is 12.8 Å². The van der Waals surface area contributed by atoms with Crippen LogP contribution >= 0.6 is 0 Å². The van der Waals surface area contributed by atoms with Crippen LogP contribution in [0.5, 0.6) is 0 Å². The molecule has 0 radical (unpaired) electrons. The molecular weight excluding hydrogens is 262 g/mol. The summed E-state index contributed by atoms with van der Waals surface area (Å²) in [6.07, 6.45) is 3.38. The van der Waals surface area contributed by atoms with Crippen molar-refractivity contribution in [2.75, 3.05) is 5.73 Å². The molecule has 0 saturated carbocycles. The highest BCUT2D eigenvalue weighted by molar-refractivity contribution is 5.72. The third-order valence-corrected chi connectivity index (χ3v) is 3.43. The molecule has 4 nitrogen and oxygen atoms in total. The van der Waals surface area contributed by atoms with Crippen LogP contribution in [0.3, 0.4) is 0 Å². The number of nitrogen functional groups attached to an aromatic ring is 1. The zero-order valence-electron chi connectivity index (χ0n) is 11.9. The lowest BCUT2D eigenvalue weighted by atomic mass is 10.0. The molecule has 4 heteroatoms. The molecule has 0 saturated heterocycles. The van der Waals surface area contributed by atoms with Crippen molar-refractivity contribution in [3.8, 4) is 11.3 Å². The van der Waals surface area contributed by atoms with E-state index in [1.165, 1.54) is 11.1 Å². The van der Waals surface area contributed by atoms with Crippen LogP contribution in [0.4, 0.5) is 5.82 Å². The van der Waals surface area contributed by atoms with Crippen LogP contribution in [0.25, 0.3) is 11.3 Å². The summed E-state index contributed by atoms with van der Waals surface area (Å²) in [4.78, 5) is 4.33. The van der Waals surface area contributed by atoms with Gasteiger partial charge in [0.1, 0.15) is 5.76 Å². The van der Waals surface area contributed by atoms with Crippen LogP contribution < -0.4 is 5.73 Å². The van der Waals surface area contributed by atoms with Crippen molar-refractivity contribution in [1.29, 1.82) is 0 Å². The molecule has 0 amide bonds. The normalized spacial score (nSPS) is 10.7. The number of benzene rings is 1. The van der Waals surface area contributed by atoms with Crippen LogP contribution in [-0.4, -0.2) is 10.1 Å². The second kappa shape index (κ2) is 5.79. The molecule has 2 heterocycles. The van der Waals surface area contributed by atoms with Gasteiger partial charge in [-0.1, -0.05) is 41.1 Å². The van der Waals surface area contributed by atoms with E-state index in [9.17, 15) is 0 Å². The molecule has 0 unspecified atom stereocenters. The molecule has 0 atom stereocenters. The molecule has 0 spiro atoms. The maximum atomic E-state index is 5.92. The number of anilines is 1. The van der Waals surface area contributed by atoms with Gasteiger partial charge in [0, 0.05) is 12.6 Å². The van der Waals surface area contributed by atoms with E-state index in [0.717, 1.165) is 29.9 Å². The van der Waals surface area contributed by atoms with E-state index in [1.54, 1.807) is 6.20 Å².